The molecule has 2 N–H and O–H groups in total. The van der Waals surface area contributed by atoms with Crippen LogP contribution in [0.3, 0.4) is 0 Å². The topological polar surface area (TPSA) is 110 Å². The molecule has 0 aliphatic heterocycles. The molecule has 0 radical (unpaired) electrons. The zero-order valence-electron chi connectivity index (χ0n) is 8.26. The van der Waals surface area contributed by atoms with Crippen LogP contribution < -0.4 is 34.9 Å². The first-order valence-corrected chi connectivity index (χ1v) is 4.80. The van der Waals surface area contributed by atoms with Crippen molar-refractivity contribution in [2.75, 3.05) is 25.4 Å². The molecule has 9 heteroatoms. The van der Waals surface area contributed by atoms with Crippen molar-refractivity contribution in [2.24, 2.45) is 0 Å². The molecule has 7 nitrogen and oxygen atoms in total. The Labute approximate surface area is 99.6 Å². The molecule has 74 valence electrons. The van der Waals surface area contributed by atoms with Gasteiger partial charge in [0.1, 0.15) is 0 Å². The minimum Gasteiger partial charge on any atom is -1.00 e. The zero-order valence-corrected chi connectivity index (χ0v) is 10.1. The van der Waals surface area contributed by atoms with E-state index in [-0.39, 0.29) is 50.6 Å². The van der Waals surface area contributed by atoms with Crippen LogP contribution in [0.1, 0.15) is 1.43 Å². The molecule has 0 fully saturated rings. The number of nitro groups is 1. The third kappa shape index (κ3) is 15.1. The second-order valence-electron chi connectivity index (χ2n) is 2.09. The first-order valence-electron chi connectivity index (χ1n) is 3.19. The van der Waals surface area contributed by atoms with E-state index in [0.717, 1.165) is 0 Å². The fraction of sp³-hybridized carbons (Fsp3) is 1.00. The monoisotopic (exact) mass is 222 g/mol. The van der Waals surface area contributed by atoms with Crippen LogP contribution in [0.15, 0.2) is 0 Å². The smallest absolute Gasteiger partial charge is 1.00 e. The standard InChI is InChI=1S/C4H10N2O5S.Na.H/c7-6(8)3-1-5-2-4-12(9,10)11;;/h5H,1-4H2,(H,9,10,11);;/q;+1;-1. The average molecular weight is 222 g/mol. The zero-order chi connectivity index (χ0) is 9.61. The molecule has 0 aliphatic rings. The van der Waals surface area contributed by atoms with Crippen molar-refractivity contribution < 1.29 is 48.9 Å². The normalized spacial score (nSPS) is 10.5. The Morgan fingerprint density at radius 2 is 2.00 bits per heavy atom. The van der Waals surface area contributed by atoms with Gasteiger partial charge in [-0.05, 0) is 0 Å². The van der Waals surface area contributed by atoms with Crippen molar-refractivity contribution >= 4 is 10.1 Å². The van der Waals surface area contributed by atoms with Gasteiger partial charge in [0.15, 0.2) is 0 Å². The second kappa shape index (κ2) is 7.65. The molecule has 0 atom stereocenters. The Balaban J connectivity index is -0.000000605. The van der Waals surface area contributed by atoms with E-state index in [4.69, 9.17) is 4.55 Å². The van der Waals surface area contributed by atoms with Crippen molar-refractivity contribution in [2.45, 2.75) is 0 Å². The van der Waals surface area contributed by atoms with Crippen LogP contribution in [0.2, 0.25) is 0 Å². The molecule has 0 aromatic heterocycles. The number of nitrogens with one attached hydrogen (secondary N) is 1. The summed E-state index contributed by atoms with van der Waals surface area (Å²) in [6, 6.07) is 0. The summed E-state index contributed by atoms with van der Waals surface area (Å²) >= 11 is 0. The van der Waals surface area contributed by atoms with Gasteiger partial charge in [0.05, 0.1) is 12.3 Å². The van der Waals surface area contributed by atoms with E-state index in [0.29, 0.717) is 0 Å². The van der Waals surface area contributed by atoms with E-state index >= 15 is 0 Å². The molecule has 0 spiro atoms. The maximum absolute atomic E-state index is 10.1. The Morgan fingerprint density at radius 3 is 2.38 bits per heavy atom. The summed E-state index contributed by atoms with van der Waals surface area (Å²) in [5, 5.41) is 12.2. The maximum Gasteiger partial charge on any atom is 1.00 e. The predicted molar refractivity (Wildman–Crippen MR) is 42.3 cm³/mol. The van der Waals surface area contributed by atoms with Gasteiger partial charge in [-0.25, -0.2) is 0 Å². The summed E-state index contributed by atoms with van der Waals surface area (Å²) in [6.07, 6.45) is 0. The molecule has 0 saturated heterocycles. The van der Waals surface area contributed by atoms with Gasteiger partial charge >= 0.3 is 29.6 Å². The first-order chi connectivity index (χ1) is 5.42. The van der Waals surface area contributed by atoms with Gasteiger partial charge in [0.25, 0.3) is 10.1 Å². The minimum atomic E-state index is -3.96. The van der Waals surface area contributed by atoms with Gasteiger partial charge in [0.2, 0.25) is 6.54 Å². The Morgan fingerprint density at radius 1 is 1.46 bits per heavy atom. The Bertz CT molecular complexity index is 246. The van der Waals surface area contributed by atoms with E-state index in [2.05, 4.69) is 5.32 Å². The predicted octanol–water partition coefficient (Wildman–Crippen LogP) is -4.14. The van der Waals surface area contributed by atoms with Crippen molar-refractivity contribution in [3.05, 3.63) is 10.1 Å². The van der Waals surface area contributed by atoms with E-state index in [1.165, 1.54) is 0 Å². The fourth-order valence-corrected chi connectivity index (χ4v) is 0.899. The van der Waals surface area contributed by atoms with E-state index in [1.54, 1.807) is 0 Å². The number of rotatable bonds is 6. The van der Waals surface area contributed by atoms with Crippen molar-refractivity contribution in [1.82, 2.24) is 5.32 Å². The largest absolute Gasteiger partial charge is 1.00 e. The number of nitrogens with zero attached hydrogens (tertiary/aromatic N) is 1. The molecule has 0 rings (SSSR count). The Kier molecular flexibility index (Phi) is 9.26. The van der Waals surface area contributed by atoms with Crippen LogP contribution in [-0.2, 0) is 10.1 Å². The summed E-state index contributed by atoms with van der Waals surface area (Å²) in [7, 11) is -3.96. The second-order valence-corrected chi connectivity index (χ2v) is 3.66. The van der Waals surface area contributed by atoms with E-state index in [9.17, 15) is 18.5 Å². The van der Waals surface area contributed by atoms with Crippen LogP contribution in [0.4, 0.5) is 0 Å². The Hall–Kier alpha value is 0.270. The SMILES string of the molecule is O=[N+]([O-])CCNCCS(=O)(=O)O.[H-].[Na+]. The van der Waals surface area contributed by atoms with Crippen LogP contribution in [0.25, 0.3) is 0 Å². The van der Waals surface area contributed by atoms with Gasteiger partial charge in [-0.15, -0.1) is 0 Å². The molecule has 0 heterocycles. The fourth-order valence-electron chi connectivity index (χ4n) is 0.496. The van der Waals surface area contributed by atoms with Crippen LogP contribution in [-0.4, -0.2) is 43.3 Å². The molecular formula is C4H11N2NaO5S. The first kappa shape index (κ1) is 15.7. The van der Waals surface area contributed by atoms with Crippen LogP contribution in [0.5, 0.6) is 0 Å². The summed E-state index contributed by atoms with van der Waals surface area (Å²) in [4.78, 5) is 9.24. The van der Waals surface area contributed by atoms with Crippen LogP contribution >= 0.6 is 0 Å². The molecular weight excluding hydrogens is 211 g/mol. The molecule has 0 aromatic carbocycles. The molecule has 0 aliphatic carbocycles. The summed E-state index contributed by atoms with van der Waals surface area (Å²) in [6.45, 7) is -0.138. The van der Waals surface area contributed by atoms with Gasteiger partial charge in [-0.2, -0.15) is 8.42 Å². The molecule has 0 amide bonds. The summed E-state index contributed by atoms with van der Waals surface area (Å²) < 4.78 is 28.4. The van der Waals surface area contributed by atoms with Crippen molar-refractivity contribution in [3.8, 4) is 0 Å². The van der Waals surface area contributed by atoms with E-state index < -0.39 is 20.8 Å². The average Bonchev–Trinajstić information content (AvgIpc) is 1.83. The molecule has 0 unspecified atom stereocenters. The molecule has 0 saturated carbocycles. The molecule has 13 heavy (non-hydrogen) atoms. The van der Waals surface area contributed by atoms with Crippen LogP contribution in [0, 0.1) is 10.1 Å². The summed E-state index contributed by atoms with van der Waals surface area (Å²) in [5.41, 5.74) is 0. The minimum absolute atomic E-state index is 0. The van der Waals surface area contributed by atoms with Gasteiger partial charge in [-0.3, -0.25) is 14.7 Å². The van der Waals surface area contributed by atoms with Gasteiger partial charge in [-0.1, -0.05) is 0 Å². The van der Waals surface area contributed by atoms with Gasteiger partial charge in [0, 0.05) is 11.5 Å². The molecule has 0 aromatic rings. The van der Waals surface area contributed by atoms with Crippen molar-refractivity contribution in [1.29, 1.82) is 0 Å². The number of hydrogen-bond acceptors (Lipinski definition) is 5. The van der Waals surface area contributed by atoms with Gasteiger partial charge < -0.3 is 6.74 Å². The number of hydrogen-bond donors (Lipinski definition) is 2. The molecule has 0 bridgehead atoms. The van der Waals surface area contributed by atoms with E-state index in [1.807, 2.05) is 0 Å². The van der Waals surface area contributed by atoms with Crippen molar-refractivity contribution in [3.63, 3.8) is 0 Å². The maximum atomic E-state index is 10.1. The quantitative estimate of drug-likeness (QED) is 0.155. The third-order valence-corrected chi connectivity index (χ3v) is 1.73. The third-order valence-electron chi connectivity index (χ3n) is 1.01. The summed E-state index contributed by atoms with van der Waals surface area (Å²) in [5.74, 6) is -0.426.